The van der Waals surface area contributed by atoms with Gasteiger partial charge in [-0.1, -0.05) is 34.1 Å². The van der Waals surface area contributed by atoms with Crippen molar-refractivity contribution < 1.29 is 9.53 Å². The number of anilines is 2. The maximum atomic E-state index is 11.8. The second-order valence-electron chi connectivity index (χ2n) is 4.65. The van der Waals surface area contributed by atoms with E-state index in [0.29, 0.717) is 11.4 Å². The number of nitrogen functional groups attached to an aromatic ring is 1. The fourth-order valence-electron chi connectivity index (χ4n) is 1.76. The van der Waals surface area contributed by atoms with Crippen molar-refractivity contribution in [2.45, 2.75) is 13.3 Å². The number of nitrogens with two attached hydrogens (primary N) is 1. The Balaban J connectivity index is 1.82. The van der Waals surface area contributed by atoms with Crippen LogP contribution in [-0.2, 0) is 4.79 Å². The highest BCUT2D eigenvalue weighted by atomic mass is 79.9. The molecule has 0 heterocycles. The summed E-state index contributed by atoms with van der Waals surface area (Å²) in [6, 6.07) is 12.9. The molecule has 2 aromatic carbocycles. The number of hydrogen-bond acceptors (Lipinski definition) is 3. The first kappa shape index (κ1) is 15.4. The van der Waals surface area contributed by atoms with Gasteiger partial charge in [-0.15, -0.1) is 0 Å². The van der Waals surface area contributed by atoms with Gasteiger partial charge in [0.15, 0.2) is 0 Å². The van der Waals surface area contributed by atoms with Gasteiger partial charge in [-0.2, -0.15) is 0 Å². The lowest BCUT2D eigenvalue weighted by atomic mass is 10.2. The highest BCUT2D eigenvalue weighted by molar-refractivity contribution is 9.10. The zero-order chi connectivity index (χ0) is 15.2. The number of ether oxygens (including phenoxy) is 1. The third-order valence-corrected chi connectivity index (χ3v) is 3.82. The molecule has 2 rings (SSSR count). The van der Waals surface area contributed by atoms with Crippen molar-refractivity contribution in [3.8, 4) is 5.75 Å². The van der Waals surface area contributed by atoms with Crippen LogP contribution in [0.15, 0.2) is 46.9 Å². The van der Waals surface area contributed by atoms with Gasteiger partial charge in [-0.25, -0.2) is 0 Å². The molecule has 0 spiro atoms. The number of nitrogens with one attached hydrogen (secondary N) is 1. The molecule has 21 heavy (non-hydrogen) atoms. The highest BCUT2D eigenvalue weighted by Gasteiger charge is 2.05. The number of amides is 1. The monoisotopic (exact) mass is 348 g/mol. The Labute approximate surface area is 132 Å². The van der Waals surface area contributed by atoms with Crippen LogP contribution in [0.1, 0.15) is 12.0 Å². The Kier molecular flexibility index (Phi) is 5.22. The molecule has 5 heteroatoms. The van der Waals surface area contributed by atoms with Gasteiger partial charge >= 0.3 is 0 Å². The Morgan fingerprint density at radius 1 is 1.29 bits per heavy atom. The van der Waals surface area contributed by atoms with Crippen LogP contribution in [0.3, 0.4) is 0 Å². The molecule has 3 N–H and O–H groups in total. The van der Waals surface area contributed by atoms with E-state index in [4.69, 9.17) is 10.5 Å². The van der Waals surface area contributed by atoms with Crippen molar-refractivity contribution in [2.24, 2.45) is 0 Å². The molecule has 2 aromatic rings. The smallest absolute Gasteiger partial charge is 0.227 e. The molecule has 0 aromatic heterocycles. The van der Waals surface area contributed by atoms with E-state index in [9.17, 15) is 4.79 Å². The van der Waals surface area contributed by atoms with Crippen molar-refractivity contribution in [1.82, 2.24) is 0 Å². The predicted molar refractivity (Wildman–Crippen MR) is 88.5 cm³/mol. The molecule has 0 saturated heterocycles. The van der Waals surface area contributed by atoms with Gasteiger partial charge in [0.1, 0.15) is 5.75 Å². The van der Waals surface area contributed by atoms with Crippen LogP contribution in [0, 0.1) is 6.92 Å². The second kappa shape index (κ2) is 7.13. The molecule has 0 unspecified atom stereocenters. The van der Waals surface area contributed by atoms with Gasteiger partial charge < -0.3 is 15.8 Å². The van der Waals surface area contributed by atoms with Crippen LogP contribution in [-0.4, -0.2) is 12.5 Å². The minimum Gasteiger partial charge on any atom is -0.491 e. The average molecular weight is 349 g/mol. The molecular weight excluding hydrogens is 332 g/mol. The first-order valence-electron chi connectivity index (χ1n) is 6.59. The number of aryl methyl sites for hydroxylation is 1. The largest absolute Gasteiger partial charge is 0.491 e. The third-order valence-electron chi connectivity index (χ3n) is 2.96. The molecule has 0 bridgehead atoms. The summed E-state index contributed by atoms with van der Waals surface area (Å²) in [6.45, 7) is 2.28. The van der Waals surface area contributed by atoms with E-state index in [-0.39, 0.29) is 18.9 Å². The first-order chi connectivity index (χ1) is 10.1. The van der Waals surface area contributed by atoms with Crippen molar-refractivity contribution in [2.75, 3.05) is 17.7 Å². The van der Waals surface area contributed by atoms with Gasteiger partial charge in [0.05, 0.1) is 18.7 Å². The Bertz CT molecular complexity index is 644. The lowest BCUT2D eigenvalue weighted by Crippen LogP contribution is -2.15. The molecule has 4 nitrogen and oxygen atoms in total. The normalized spacial score (nSPS) is 10.2. The Hall–Kier alpha value is -2.01. The van der Waals surface area contributed by atoms with Gasteiger partial charge in [0.25, 0.3) is 0 Å². The predicted octanol–water partition coefficient (Wildman–Crippen LogP) is 3.75. The van der Waals surface area contributed by atoms with Crippen LogP contribution in [0.2, 0.25) is 0 Å². The van der Waals surface area contributed by atoms with Gasteiger partial charge in [-0.3, -0.25) is 4.79 Å². The van der Waals surface area contributed by atoms with Crippen LogP contribution in [0.4, 0.5) is 11.4 Å². The van der Waals surface area contributed by atoms with Crippen molar-refractivity contribution in [3.63, 3.8) is 0 Å². The SMILES string of the molecule is Cc1ccc(NC(=O)CCOc2ccccc2N)cc1Br. The molecule has 0 fully saturated rings. The van der Waals surface area contributed by atoms with Crippen LogP contribution >= 0.6 is 15.9 Å². The number of halogens is 1. The van der Waals surface area contributed by atoms with Crippen molar-refractivity contribution >= 4 is 33.2 Å². The standard InChI is InChI=1S/C16H17BrN2O2/c1-11-6-7-12(10-13(11)17)19-16(20)8-9-21-15-5-3-2-4-14(15)18/h2-7,10H,8-9,18H2,1H3,(H,19,20). The van der Waals surface area contributed by atoms with E-state index in [1.165, 1.54) is 0 Å². The fraction of sp³-hybridized carbons (Fsp3) is 0.188. The van der Waals surface area contributed by atoms with Gasteiger partial charge in [0.2, 0.25) is 5.91 Å². The summed E-state index contributed by atoms with van der Waals surface area (Å²) in [4.78, 5) is 11.8. The van der Waals surface area contributed by atoms with E-state index in [1.807, 2.05) is 37.3 Å². The van der Waals surface area contributed by atoms with E-state index >= 15 is 0 Å². The molecule has 0 aliphatic heterocycles. The fourth-order valence-corrected chi connectivity index (χ4v) is 2.14. The molecule has 0 saturated carbocycles. The van der Waals surface area contributed by atoms with Crippen LogP contribution in [0.5, 0.6) is 5.75 Å². The summed E-state index contributed by atoms with van der Waals surface area (Å²) in [5.74, 6) is 0.503. The van der Waals surface area contributed by atoms with Crippen molar-refractivity contribution in [3.05, 3.63) is 52.5 Å². The summed E-state index contributed by atoms with van der Waals surface area (Å²) in [5.41, 5.74) is 8.21. The molecule has 0 aliphatic carbocycles. The zero-order valence-corrected chi connectivity index (χ0v) is 13.3. The van der Waals surface area contributed by atoms with Crippen LogP contribution in [0.25, 0.3) is 0 Å². The number of rotatable bonds is 5. The third kappa shape index (κ3) is 4.49. The first-order valence-corrected chi connectivity index (χ1v) is 7.39. The lowest BCUT2D eigenvalue weighted by Gasteiger charge is -2.09. The molecule has 110 valence electrons. The summed E-state index contributed by atoms with van der Waals surface area (Å²) in [6.07, 6.45) is 0.264. The van der Waals surface area contributed by atoms with Gasteiger partial charge in [0, 0.05) is 10.2 Å². The van der Waals surface area contributed by atoms with E-state index < -0.39 is 0 Å². The van der Waals surface area contributed by atoms with Gasteiger partial charge in [-0.05, 0) is 36.8 Å². The van der Waals surface area contributed by atoms with Crippen molar-refractivity contribution in [1.29, 1.82) is 0 Å². The molecular formula is C16H17BrN2O2. The summed E-state index contributed by atoms with van der Waals surface area (Å²) >= 11 is 3.44. The minimum atomic E-state index is -0.0970. The summed E-state index contributed by atoms with van der Waals surface area (Å²) < 4.78 is 6.46. The number of benzene rings is 2. The maximum Gasteiger partial charge on any atom is 0.227 e. The van der Waals surface area contributed by atoms with E-state index in [2.05, 4.69) is 21.2 Å². The van der Waals surface area contributed by atoms with E-state index in [1.54, 1.807) is 12.1 Å². The number of carbonyl (C=O) groups excluding carboxylic acids is 1. The second-order valence-corrected chi connectivity index (χ2v) is 5.50. The zero-order valence-electron chi connectivity index (χ0n) is 11.7. The number of hydrogen-bond donors (Lipinski definition) is 2. The number of carbonyl (C=O) groups is 1. The molecule has 1 amide bonds. The summed E-state index contributed by atoms with van der Waals surface area (Å²) in [7, 11) is 0. The Morgan fingerprint density at radius 3 is 2.76 bits per heavy atom. The Morgan fingerprint density at radius 2 is 2.05 bits per heavy atom. The number of para-hydroxylation sites is 2. The molecule has 0 radical (unpaired) electrons. The highest BCUT2D eigenvalue weighted by Crippen LogP contribution is 2.21. The summed E-state index contributed by atoms with van der Waals surface area (Å²) in [5, 5.41) is 2.83. The topological polar surface area (TPSA) is 64.3 Å². The average Bonchev–Trinajstić information content (AvgIpc) is 2.45. The van der Waals surface area contributed by atoms with Crippen LogP contribution < -0.4 is 15.8 Å². The lowest BCUT2D eigenvalue weighted by molar-refractivity contribution is -0.116. The maximum absolute atomic E-state index is 11.8. The molecule has 0 aliphatic rings. The molecule has 0 atom stereocenters. The van der Waals surface area contributed by atoms with E-state index in [0.717, 1.165) is 15.7 Å². The quantitative estimate of drug-likeness (QED) is 0.808. The minimum absolute atomic E-state index is 0.0970.